The number of carbonyl (C=O) groups excluding carboxylic acids is 1. The fraction of sp³-hybridized carbons (Fsp3) is 0.938. The molecule has 0 rings (SSSR count). The van der Waals surface area contributed by atoms with Crippen molar-refractivity contribution in [3.05, 3.63) is 0 Å². The number of unbranched alkanes of at least 4 members (excludes halogenated alkanes) is 3. The Balaban J connectivity index is 3.10. The van der Waals surface area contributed by atoms with Crippen LogP contribution in [0.25, 0.3) is 0 Å². The van der Waals surface area contributed by atoms with Gasteiger partial charge in [0.1, 0.15) is 0 Å². The zero-order valence-electron chi connectivity index (χ0n) is 14.1. The van der Waals surface area contributed by atoms with Crippen LogP contribution in [0.3, 0.4) is 0 Å². The number of nitrogens with two attached hydrogens (primary N) is 1. The van der Waals surface area contributed by atoms with Gasteiger partial charge >= 0.3 is 0 Å². The second-order valence-corrected chi connectivity index (χ2v) is 5.08. The third-order valence-corrected chi connectivity index (χ3v) is 3.09. The van der Waals surface area contributed by atoms with E-state index in [4.69, 9.17) is 19.9 Å². The van der Waals surface area contributed by atoms with Crippen molar-refractivity contribution in [2.75, 3.05) is 52.7 Å². The van der Waals surface area contributed by atoms with E-state index < -0.39 is 0 Å². The summed E-state index contributed by atoms with van der Waals surface area (Å²) in [6.45, 7) is 7.15. The van der Waals surface area contributed by atoms with Crippen LogP contribution in [0.4, 0.5) is 0 Å². The lowest BCUT2D eigenvalue weighted by Crippen LogP contribution is -2.25. The van der Waals surface area contributed by atoms with Crippen LogP contribution in [0.2, 0.25) is 0 Å². The molecule has 0 bridgehead atoms. The summed E-state index contributed by atoms with van der Waals surface area (Å²) < 4.78 is 15.9. The molecule has 6 heteroatoms. The number of hydrogen-bond acceptors (Lipinski definition) is 5. The van der Waals surface area contributed by atoms with Crippen molar-refractivity contribution in [2.45, 2.75) is 45.4 Å². The summed E-state index contributed by atoms with van der Waals surface area (Å²) >= 11 is 0. The lowest BCUT2D eigenvalue weighted by Gasteiger charge is -2.07. The minimum absolute atomic E-state index is 0.131. The largest absolute Gasteiger partial charge is 0.379 e. The highest BCUT2D eigenvalue weighted by Gasteiger charge is 2.00. The number of hydrogen-bond donors (Lipinski definition) is 2. The maximum atomic E-state index is 11.5. The highest BCUT2D eigenvalue weighted by atomic mass is 16.5. The van der Waals surface area contributed by atoms with Crippen molar-refractivity contribution in [2.24, 2.45) is 5.73 Å². The maximum Gasteiger partial charge on any atom is 0.219 e. The number of rotatable bonds is 17. The highest BCUT2D eigenvalue weighted by Crippen LogP contribution is 2.01. The molecule has 0 aromatic rings. The molecule has 0 aliphatic heterocycles. The van der Waals surface area contributed by atoms with Crippen molar-refractivity contribution < 1.29 is 19.0 Å². The quantitative estimate of drug-likeness (QED) is 0.397. The van der Waals surface area contributed by atoms with Crippen molar-refractivity contribution in [1.82, 2.24) is 5.32 Å². The van der Waals surface area contributed by atoms with Gasteiger partial charge in [0.15, 0.2) is 0 Å². The summed E-state index contributed by atoms with van der Waals surface area (Å²) in [4.78, 5) is 11.5. The van der Waals surface area contributed by atoms with Gasteiger partial charge in [0, 0.05) is 26.2 Å². The lowest BCUT2D eigenvalue weighted by atomic mass is 10.1. The molecular weight excluding hydrogens is 284 g/mol. The molecule has 6 nitrogen and oxygen atoms in total. The van der Waals surface area contributed by atoms with Crippen molar-refractivity contribution in [3.8, 4) is 0 Å². The highest BCUT2D eigenvalue weighted by molar-refractivity contribution is 5.75. The standard InChI is InChI=1S/C16H34N2O4/c1-2-20-12-13-22-15-14-21-11-7-10-18-16(19)8-5-3-4-6-9-17/h2-15,17H2,1H3,(H,18,19). The Morgan fingerprint density at radius 1 is 0.864 bits per heavy atom. The molecule has 22 heavy (non-hydrogen) atoms. The van der Waals surface area contributed by atoms with Crippen molar-refractivity contribution in [1.29, 1.82) is 0 Å². The molecule has 0 unspecified atom stereocenters. The Bertz CT molecular complexity index is 240. The van der Waals surface area contributed by atoms with Crippen molar-refractivity contribution in [3.63, 3.8) is 0 Å². The summed E-state index contributed by atoms with van der Waals surface area (Å²) in [5.41, 5.74) is 5.42. The Morgan fingerprint density at radius 2 is 1.50 bits per heavy atom. The second kappa shape index (κ2) is 18.4. The molecule has 0 fully saturated rings. The van der Waals surface area contributed by atoms with Crippen LogP contribution in [0.5, 0.6) is 0 Å². The SMILES string of the molecule is CCOCCOCCOCCCNC(=O)CCCCCCN. The number of amides is 1. The van der Waals surface area contributed by atoms with E-state index >= 15 is 0 Å². The average molecular weight is 318 g/mol. The topological polar surface area (TPSA) is 82.8 Å². The van der Waals surface area contributed by atoms with E-state index in [0.717, 1.165) is 45.3 Å². The van der Waals surface area contributed by atoms with E-state index in [0.29, 0.717) is 46.0 Å². The first kappa shape index (κ1) is 21.3. The smallest absolute Gasteiger partial charge is 0.219 e. The molecule has 0 aliphatic carbocycles. The third-order valence-electron chi connectivity index (χ3n) is 3.09. The Hall–Kier alpha value is -0.690. The fourth-order valence-electron chi connectivity index (χ4n) is 1.86. The first-order valence-corrected chi connectivity index (χ1v) is 8.51. The summed E-state index contributed by atoms with van der Waals surface area (Å²) in [6.07, 6.45) is 5.63. The summed E-state index contributed by atoms with van der Waals surface area (Å²) in [5.74, 6) is 0.131. The van der Waals surface area contributed by atoms with E-state index in [1.165, 1.54) is 0 Å². The van der Waals surface area contributed by atoms with Gasteiger partial charge in [0.2, 0.25) is 5.91 Å². The minimum atomic E-state index is 0.131. The molecule has 0 radical (unpaired) electrons. The zero-order chi connectivity index (χ0) is 16.3. The summed E-state index contributed by atoms with van der Waals surface area (Å²) in [6, 6.07) is 0. The van der Waals surface area contributed by atoms with Crippen LogP contribution in [-0.4, -0.2) is 58.6 Å². The Labute approximate surface area is 135 Å². The van der Waals surface area contributed by atoms with E-state index in [2.05, 4.69) is 5.32 Å². The molecule has 0 aliphatic rings. The molecule has 0 saturated carbocycles. The predicted molar refractivity (Wildman–Crippen MR) is 87.9 cm³/mol. The van der Waals surface area contributed by atoms with Gasteiger partial charge in [-0.3, -0.25) is 4.79 Å². The van der Waals surface area contributed by atoms with Gasteiger partial charge in [-0.05, 0) is 32.7 Å². The number of carbonyl (C=O) groups is 1. The van der Waals surface area contributed by atoms with Gasteiger partial charge < -0.3 is 25.3 Å². The molecule has 132 valence electrons. The van der Waals surface area contributed by atoms with Crippen molar-refractivity contribution >= 4 is 5.91 Å². The zero-order valence-corrected chi connectivity index (χ0v) is 14.1. The predicted octanol–water partition coefficient (Wildman–Crippen LogP) is 1.47. The fourth-order valence-corrected chi connectivity index (χ4v) is 1.86. The second-order valence-electron chi connectivity index (χ2n) is 5.08. The third kappa shape index (κ3) is 17.4. The maximum absolute atomic E-state index is 11.5. The van der Waals surface area contributed by atoms with E-state index in [1.807, 2.05) is 6.92 Å². The normalized spacial score (nSPS) is 10.8. The Morgan fingerprint density at radius 3 is 2.18 bits per heavy atom. The van der Waals surface area contributed by atoms with Gasteiger partial charge in [-0.25, -0.2) is 0 Å². The van der Waals surface area contributed by atoms with E-state index in [9.17, 15) is 4.79 Å². The van der Waals surface area contributed by atoms with Gasteiger partial charge in [0.25, 0.3) is 0 Å². The molecular formula is C16H34N2O4. The summed E-state index contributed by atoms with van der Waals surface area (Å²) in [5, 5.41) is 2.91. The van der Waals surface area contributed by atoms with E-state index in [-0.39, 0.29) is 5.91 Å². The molecule has 0 aromatic heterocycles. The van der Waals surface area contributed by atoms with Crippen LogP contribution < -0.4 is 11.1 Å². The van der Waals surface area contributed by atoms with Gasteiger partial charge in [-0.15, -0.1) is 0 Å². The molecule has 3 N–H and O–H groups in total. The summed E-state index contributed by atoms with van der Waals surface area (Å²) in [7, 11) is 0. The Kier molecular flexibility index (Phi) is 17.8. The monoisotopic (exact) mass is 318 g/mol. The van der Waals surface area contributed by atoms with Gasteiger partial charge in [-0.1, -0.05) is 12.8 Å². The minimum Gasteiger partial charge on any atom is -0.379 e. The van der Waals surface area contributed by atoms with Crippen LogP contribution in [0.1, 0.15) is 45.4 Å². The molecule has 0 spiro atoms. The average Bonchev–Trinajstić information content (AvgIpc) is 2.52. The molecule has 0 heterocycles. The van der Waals surface area contributed by atoms with E-state index in [1.54, 1.807) is 0 Å². The van der Waals surface area contributed by atoms with Crippen LogP contribution in [0, 0.1) is 0 Å². The van der Waals surface area contributed by atoms with Crippen LogP contribution in [-0.2, 0) is 19.0 Å². The first-order chi connectivity index (χ1) is 10.8. The molecule has 0 aromatic carbocycles. The first-order valence-electron chi connectivity index (χ1n) is 8.51. The number of nitrogens with one attached hydrogen (secondary N) is 1. The molecule has 0 atom stereocenters. The van der Waals surface area contributed by atoms with Crippen LogP contribution >= 0.6 is 0 Å². The van der Waals surface area contributed by atoms with Gasteiger partial charge in [0.05, 0.1) is 26.4 Å². The molecule has 0 saturated heterocycles. The van der Waals surface area contributed by atoms with Gasteiger partial charge in [-0.2, -0.15) is 0 Å². The molecule has 1 amide bonds. The van der Waals surface area contributed by atoms with Crippen LogP contribution in [0.15, 0.2) is 0 Å². The number of ether oxygens (including phenoxy) is 3. The lowest BCUT2D eigenvalue weighted by molar-refractivity contribution is -0.121.